The molecule has 7 aromatic carbocycles. The molecule has 0 unspecified atom stereocenters. The fourth-order valence-electron chi connectivity index (χ4n) is 7.58. The van der Waals surface area contributed by atoms with Crippen molar-refractivity contribution < 1.29 is 8.83 Å². The van der Waals surface area contributed by atoms with Crippen LogP contribution in [0.1, 0.15) is 0 Å². The summed E-state index contributed by atoms with van der Waals surface area (Å²) in [6, 6.07) is 51.8. The number of aromatic nitrogens is 4. The topological polar surface area (TPSA) is 77.8 Å². The van der Waals surface area contributed by atoms with Gasteiger partial charge in [-0.15, -0.1) is 0 Å². The molecule has 0 aliphatic carbocycles. The molecule has 11 rings (SSSR count). The van der Waals surface area contributed by atoms with E-state index in [4.69, 9.17) is 23.8 Å². The van der Waals surface area contributed by atoms with Gasteiger partial charge in [-0.25, -0.2) is 19.9 Å². The van der Waals surface area contributed by atoms with Gasteiger partial charge in [0.05, 0.1) is 5.39 Å². The molecule has 0 N–H and O–H groups in total. The van der Waals surface area contributed by atoms with Crippen LogP contribution in [0.2, 0.25) is 0 Å². The van der Waals surface area contributed by atoms with Crippen LogP contribution in [0.15, 0.2) is 167 Å². The maximum absolute atomic E-state index is 6.28. The fraction of sp³-hybridized carbons (Fsp3) is 0. The first-order chi connectivity index (χ1) is 25.7. The molecule has 4 aromatic heterocycles. The second-order valence-corrected chi connectivity index (χ2v) is 13.0. The number of fused-ring (bicyclic) bond motifs is 8. The maximum Gasteiger partial charge on any atom is 0.227 e. The molecule has 0 fully saturated rings. The highest BCUT2D eigenvalue weighted by Gasteiger charge is 2.20. The third-order valence-corrected chi connectivity index (χ3v) is 9.98. The Kier molecular flexibility index (Phi) is 6.15. The Balaban J connectivity index is 1.20. The number of hydrogen-bond acceptors (Lipinski definition) is 6. The maximum atomic E-state index is 6.28. The molecule has 0 bridgehead atoms. The zero-order valence-corrected chi connectivity index (χ0v) is 27.6. The first-order valence-corrected chi connectivity index (χ1v) is 17.2. The Labute approximate surface area is 296 Å². The highest BCUT2D eigenvalue weighted by atomic mass is 16.3. The predicted molar refractivity (Wildman–Crippen MR) is 209 cm³/mol. The van der Waals surface area contributed by atoms with E-state index in [1.54, 1.807) is 0 Å². The Morgan fingerprint density at radius 2 is 1.00 bits per heavy atom. The number of benzene rings is 7. The Morgan fingerprint density at radius 3 is 1.85 bits per heavy atom. The highest BCUT2D eigenvalue weighted by Crippen LogP contribution is 2.41. The summed E-state index contributed by atoms with van der Waals surface area (Å²) in [5.74, 6) is 1.75. The molecule has 0 radical (unpaired) electrons. The molecule has 0 aliphatic rings. The van der Waals surface area contributed by atoms with Crippen molar-refractivity contribution in [3.05, 3.63) is 158 Å². The Hall–Kier alpha value is -7.18. The summed E-state index contributed by atoms with van der Waals surface area (Å²) in [6.07, 6.45) is 1.82. The average Bonchev–Trinajstić information content (AvgIpc) is 3.79. The van der Waals surface area contributed by atoms with Gasteiger partial charge in [-0.1, -0.05) is 109 Å². The molecule has 242 valence electrons. The van der Waals surface area contributed by atoms with Crippen molar-refractivity contribution in [2.45, 2.75) is 0 Å². The van der Waals surface area contributed by atoms with Crippen LogP contribution in [0.4, 0.5) is 0 Å². The SMILES string of the molecule is c1ccc2cc(-c3nc(-c4cc(-c5ccnc6oc7ccccc7c56)c5ccccc5c4)nc(-c4cccc5oc6ccccc6c45)n3)ccc2c1. The van der Waals surface area contributed by atoms with Gasteiger partial charge in [0.25, 0.3) is 0 Å². The standard InChI is InChI=1S/C46H26N4O2/c1-2-11-28-24-30(21-20-27(28)10-1)43-48-44(50-45(49-43)36-16-9-19-40-41(36)34-14-5-7-17-38(34)51-40)31-25-29-12-3-4-13-32(29)37(26-31)33-22-23-47-46-42(33)35-15-6-8-18-39(35)52-46/h1-26H. The van der Waals surface area contributed by atoms with E-state index >= 15 is 0 Å². The summed E-state index contributed by atoms with van der Waals surface area (Å²) in [4.78, 5) is 20.2. The molecule has 52 heavy (non-hydrogen) atoms. The van der Waals surface area contributed by atoms with Gasteiger partial charge in [0.15, 0.2) is 17.5 Å². The van der Waals surface area contributed by atoms with Crippen molar-refractivity contribution >= 4 is 65.6 Å². The van der Waals surface area contributed by atoms with E-state index in [1.165, 1.54) is 0 Å². The van der Waals surface area contributed by atoms with Crippen molar-refractivity contribution in [1.82, 2.24) is 19.9 Å². The van der Waals surface area contributed by atoms with E-state index < -0.39 is 0 Å². The molecular weight excluding hydrogens is 641 g/mol. The van der Waals surface area contributed by atoms with Crippen molar-refractivity contribution in [3.63, 3.8) is 0 Å². The van der Waals surface area contributed by atoms with Crippen molar-refractivity contribution in [1.29, 1.82) is 0 Å². The zero-order chi connectivity index (χ0) is 34.2. The molecule has 0 spiro atoms. The van der Waals surface area contributed by atoms with Crippen LogP contribution in [0.25, 0.3) is 111 Å². The summed E-state index contributed by atoms with van der Waals surface area (Å²) in [7, 11) is 0. The fourth-order valence-corrected chi connectivity index (χ4v) is 7.58. The van der Waals surface area contributed by atoms with Crippen LogP contribution in [-0.4, -0.2) is 19.9 Å². The van der Waals surface area contributed by atoms with E-state index in [1.807, 2.05) is 54.7 Å². The third-order valence-electron chi connectivity index (χ3n) is 9.98. The van der Waals surface area contributed by atoms with Gasteiger partial charge < -0.3 is 8.83 Å². The van der Waals surface area contributed by atoms with Gasteiger partial charge in [-0.05, 0) is 75.1 Å². The minimum Gasteiger partial charge on any atom is -0.456 e. The number of furan rings is 2. The quantitative estimate of drug-likeness (QED) is 0.186. The second-order valence-electron chi connectivity index (χ2n) is 13.0. The first-order valence-electron chi connectivity index (χ1n) is 17.2. The Bertz CT molecular complexity index is 3210. The lowest BCUT2D eigenvalue weighted by Crippen LogP contribution is -2.01. The van der Waals surface area contributed by atoms with Gasteiger partial charge in [-0.3, -0.25) is 0 Å². The van der Waals surface area contributed by atoms with Gasteiger partial charge in [0.1, 0.15) is 16.7 Å². The minimum absolute atomic E-state index is 0.576. The second kappa shape index (κ2) is 11.2. The average molecular weight is 667 g/mol. The van der Waals surface area contributed by atoms with Gasteiger partial charge >= 0.3 is 0 Å². The summed E-state index contributed by atoms with van der Waals surface area (Å²) in [5.41, 5.74) is 7.77. The molecule has 0 atom stereocenters. The normalized spacial score (nSPS) is 11.8. The van der Waals surface area contributed by atoms with E-state index in [2.05, 4.69) is 108 Å². The smallest absolute Gasteiger partial charge is 0.227 e. The molecular formula is C46H26N4O2. The lowest BCUT2D eigenvalue weighted by atomic mass is 9.93. The first kappa shape index (κ1) is 28.6. The van der Waals surface area contributed by atoms with E-state index in [0.717, 1.165) is 87.7 Å². The number of nitrogens with zero attached hydrogens (tertiary/aromatic N) is 4. The van der Waals surface area contributed by atoms with Crippen LogP contribution in [0.3, 0.4) is 0 Å². The van der Waals surface area contributed by atoms with E-state index in [9.17, 15) is 0 Å². The Morgan fingerprint density at radius 1 is 0.365 bits per heavy atom. The van der Waals surface area contributed by atoms with Gasteiger partial charge in [0.2, 0.25) is 5.71 Å². The van der Waals surface area contributed by atoms with Crippen LogP contribution in [0, 0.1) is 0 Å². The van der Waals surface area contributed by atoms with Crippen LogP contribution in [0.5, 0.6) is 0 Å². The molecule has 0 amide bonds. The summed E-state index contributed by atoms with van der Waals surface area (Å²) >= 11 is 0. The molecule has 0 aliphatic heterocycles. The van der Waals surface area contributed by atoms with Gasteiger partial charge in [0, 0.05) is 39.0 Å². The van der Waals surface area contributed by atoms with Crippen molar-refractivity contribution in [3.8, 4) is 45.3 Å². The minimum atomic E-state index is 0.576. The highest BCUT2D eigenvalue weighted by molar-refractivity contribution is 6.15. The largest absolute Gasteiger partial charge is 0.456 e. The van der Waals surface area contributed by atoms with Gasteiger partial charge in [-0.2, -0.15) is 0 Å². The molecule has 0 saturated heterocycles. The summed E-state index contributed by atoms with van der Waals surface area (Å²) < 4.78 is 12.5. The zero-order valence-electron chi connectivity index (χ0n) is 27.6. The van der Waals surface area contributed by atoms with Crippen LogP contribution < -0.4 is 0 Å². The summed E-state index contributed by atoms with van der Waals surface area (Å²) in [5, 5.41) is 8.46. The lowest BCUT2D eigenvalue weighted by molar-refractivity contribution is 0.654. The van der Waals surface area contributed by atoms with E-state index in [0.29, 0.717) is 23.2 Å². The summed E-state index contributed by atoms with van der Waals surface area (Å²) in [6.45, 7) is 0. The lowest BCUT2D eigenvalue weighted by Gasteiger charge is -2.13. The van der Waals surface area contributed by atoms with Crippen LogP contribution in [-0.2, 0) is 0 Å². The predicted octanol–water partition coefficient (Wildman–Crippen LogP) is 12.0. The van der Waals surface area contributed by atoms with Crippen molar-refractivity contribution in [2.75, 3.05) is 0 Å². The monoisotopic (exact) mass is 666 g/mol. The molecule has 4 heterocycles. The number of rotatable bonds is 4. The van der Waals surface area contributed by atoms with Crippen LogP contribution >= 0.6 is 0 Å². The van der Waals surface area contributed by atoms with Crippen molar-refractivity contribution in [2.24, 2.45) is 0 Å². The molecule has 6 heteroatoms. The molecule has 6 nitrogen and oxygen atoms in total. The number of para-hydroxylation sites is 2. The molecule has 0 saturated carbocycles. The van der Waals surface area contributed by atoms with E-state index in [-0.39, 0.29) is 0 Å². The number of hydrogen-bond donors (Lipinski definition) is 0. The number of pyridine rings is 1. The third kappa shape index (κ3) is 4.44. The molecule has 11 aromatic rings.